The maximum atomic E-state index is 5.22. The molecule has 17 heavy (non-hydrogen) atoms. The molecule has 100 valence electrons. The third-order valence-corrected chi connectivity index (χ3v) is 5.02. The molecule has 1 N–H and O–H groups in total. The van der Waals surface area contributed by atoms with Gasteiger partial charge in [-0.25, -0.2) is 0 Å². The fourth-order valence-electron chi connectivity index (χ4n) is 3.22. The lowest BCUT2D eigenvalue weighted by atomic mass is 9.73. The average Bonchev–Trinajstić information content (AvgIpc) is 3.05. The monoisotopic (exact) mass is 239 g/mol. The Balaban J connectivity index is 1.77. The van der Waals surface area contributed by atoms with E-state index in [2.05, 4.69) is 19.2 Å². The summed E-state index contributed by atoms with van der Waals surface area (Å²) in [7, 11) is 1.81. The van der Waals surface area contributed by atoms with Crippen molar-refractivity contribution in [2.24, 2.45) is 10.8 Å². The molecule has 0 aliphatic heterocycles. The average molecular weight is 239 g/mol. The van der Waals surface area contributed by atoms with Crippen LogP contribution in [0.4, 0.5) is 0 Å². The highest BCUT2D eigenvalue weighted by Crippen LogP contribution is 2.48. The third-order valence-electron chi connectivity index (χ3n) is 5.02. The Morgan fingerprint density at radius 1 is 1.18 bits per heavy atom. The van der Waals surface area contributed by atoms with E-state index >= 15 is 0 Å². The lowest BCUT2D eigenvalue weighted by molar-refractivity contribution is 0.145. The first kappa shape index (κ1) is 13.4. The second kappa shape index (κ2) is 5.27. The first-order valence-electron chi connectivity index (χ1n) is 7.30. The molecule has 0 aromatic heterocycles. The smallest absolute Gasteiger partial charge is 0.0468 e. The van der Waals surface area contributed by atoms with Gasteiger partial charge in [0.1, 0.15) is 0 Å². The zero-order chi connectivity index (χ0) is 12.4. The molecule has 0 heterocycles. The van der Waals surface area contributed by atoms with Crippen LogP contribution in [0, 0.1) is 10.8 Å². The van der Waals surface area contributed by atoms with Crippen LogP contribution in [0.2, 0.25) is 0 Å². The van der Waals surface area contributed by atoms with Gasteiger partial charge in [0, 0.05) is 26.3 Å². The zero-order valence-electron chi connectivity index (χ0n) is 11.8. The van der Waals surface area contributed by atoms with E-state index in [0.29, 0.717) is 10.8 Å². The van der Waals surface area contributed by atoms with Crippen LogP contribution in [0.1, 0.15) is 58.8 Å². The Morgan fingerprint density at radius 3 is 2.53 bits per heavy atom. The molecular weight excluding hydrogens is 210 g/mol. The van der Waals surface area contributed by atoms with Crippen LogP contribution >= 0.6 is 0 Å². The molecule has 0 aromatic carbocycles. The summed E-state index contributed by atoms with van der Waals surface area (Å²) < 4.78 is 5.22. The van der Waals surface area contributed by atoms with Crippen molar-refractivity contribution in [1.82, 2.24) is 5.32 Å². The Morgan fingerprint density at radius 2 is 1.94 bits per heavy atom. The first-order chi connectivity index (χ1) is 8.08. The van der Waals surface area contributed by atoms with E-state index in [1.165, 1.54) is 51.5 Å². The second-order valence-electron chi connectivity index (χ2n) is 6.91. The number of hydrogen-bond donors (Lipinski definition) is 1. The van der Waals surface area contributed by atoms with Gasteiger partial charge in [0.15, 0.2) is 0 Å². The molecule has 0 saturated heterocycles. The van der Waals surface area contributed by atoms with E-state index in [1.807, 2.05) is 7.11 Å². The third kappa shape index (κ3) is 3.45. The topological polar surface area (TPSA) is 21.3 Å². The van der Waals surface area contributed by atoms with Crippen LogP contribution in [0.5, 0.6) is 0 Å². The summed E-state index contributed by atoms with van der Waals surface area (Å²) in [5.41, 5.74) is 1.08. The highest BCUT2D eigenvalue weighted by atomic mass is 16.5. The zero-order valence-corrected chi connectivity index (χ0v) is 11.8. The molecule has 0 aromatic rings. The van der Waals surface area contributed by atoms with E-state index < -0.39 is 0 Å². The van der Waals surface area contributed by atoms with E-state index in [0.717, 1.165) is 12.6 Å². The summed E-state index contributed by atoms with van der Waals surface area (Å²) in [5.74, 6) is 0. The van der Waals surface area contributed by atoms with E-state index in [9.17, 15) is 0 Å². The highest BCUT2D eigenvalue weighted by Gasteiger charge is 2.43. The first-order valence-corrected chi connectivity index (χ1v) is 7.30. The molecule has 1 unspecified atom stereocenters. The summed E-state index contributed by atoms with van der Waals surface area (Å²) in [5, 5.41) is 3.87. The SMILES string of the molecule is COCCC1(CNC2CCCCC2(C)C)CC1. The Kier molecular flexibility index (Phi) is 4.14. The molecule has 2 rings (SSSR count). The molecule has 2 aliphatic rings. The lowest BCUT2D eigenvalue weighted by Gasteiger charge is -2.40. The van der Waals surface area contributed by atoms with Gasteiger partial charge < -0.3 is 10.1 Å². The van der Waals surface area contributed by atoms with Crippen molar-refractivity contribution in [2.45, 2.75) is 64.8 Å². The van der Waals surface area contributed by atoms with Crippen molar-refractivity contribution in [1.29, 1.82) is 0 Å². The van der Waals surface area contributed by atoms with Crippen molar-refractivity contribution in [3.05, 3.63) is 0 Å². The van der Waals surface area contributed by atoms with Crippen LogP contribution < -0.4 is 5.32 Å². The fourth-order valence-corrected chi connectivity index (χ4v) is 3.22. The molecular formula is C15H29NO. The predicted octanol–water partition coefficient (Wildman–Crippen LogP) is 3.36. The number of rotatable bonds is 6. The molecule has 2 aliphatic carbocycles. The van der Waals surface area contributed by atoms with Gasteiger partial charge in [-0.2, -0.15) is 0 Å². The van der Waals surface area contributed by atoms with Gasteiger partial charge in [-0.05, 0) is 42.9 Å². The minimum Gasteiger partial charge on any atom is -0.385 e. The molecule has 2 fully saturated rings. The molecule has 0 spiro atoms. The number of ether oxygens (including phenoxy) is 1. The van der Waals surface area contributed by atoms with Crippen molar-refractivity contribution in [2.75, 3.05) is 20.3 Å². The van der Waals surface area contributed by atoms with Gasteiger partial charge in [-0.15, -0.1) is 0 Å². The standard InChI is InChI=1S/C15H29NO/c1-14(2)7-5-4-6-13(14)16-12-15(8-9-15)10-11-17-3/h13,16H,4-12H2,1-3H3. The molecule has 0 bridgehead atoms. The van der Waals surface area contributed by atoms with Gasteiger partial charge in [-0.1, -0.05) is 26.7 Å². The lowest BCUT2D eigenvalue weighted by Crippen LogP contribution is -2.46. The van der Waals surface area contributed by atoms with Crippen LogP contribution in [-0.4, -0.2) is 26.3 Å². The quantitative estimate of drug-likeness (QED) is 0.767. The van der Waals surface area contributed by atoms with Crippen molar-refractivity contribution >= 4 is 0 Å². The Labute approximate surface area is 107 Å². The Hall–Kier alpha value is -0.0800. The summed E-state index contributed by atoms with van der Waals surface area (Å²) in [4.78, 5) is 0. The molecule has 2 nitrogen and oxygen atoms in total. The molecule has 0 radical (unpaired) electrons. The maximum absolute atomic E-state index is 5.22. The molecule has 2 saturated carbocycles. The molecule has 0 amide bonds. The number of nitrogens with one attached hydrogen (secondary N) is 1. The van der Waals surface area contributed by atoms with E-state index in [4.69, 9.17) is 4.74 Å². The van der Waals surface area contributed by atoms with Gasteiger partial charge in [0.25, 0.3) is 0 Å². The predicted molar refractivity (Wildman–Crippen MR) is 72.2 cm³/mol. The van der Waals surface area contributed by atoms with Crippen LogP contribution in [0.25, 0.3) is 0 Å². The summed E-state index contributed by atoms with van der Waals surface area (Å²) >= 11 is 0. The minimum absolute atomic E-state index is 0.496. The Bertz CT molecular complexity index is 245. The molecule has 2 heteroatoms. The van der Waals surface area contributed by atoms with Crippen LogP contribution in [-0.2, 0) is 4.74 Å². The summed E-state index contributed by atoms with van der Waals surface area (Å²) in [6.45, 7) is 7.00. The van der Waals surface area contributed by atoms with Crippen LogP contribution in [0.15, 0.2) is 0 Å². The largest absolute Gasteiger partial charge is 0.385 e. The molecule has 1 atom stereocenters. The summed E-state index contributed by atoms with van der Waals surface area (Å²) in [6, 6.07) is 0.733. The fraction of sp³-hybridized carbons (Fsp3) is 1.00. The maximum Gasteiger partial charge on any atom is 0.0468 e. The number of hydrogen-bond acceptors (Lipinski definition) is 2. The van der Waals surface area contributed by atoms with Gasteiger partial charge in [-0.3, -0.25) is 0 Å². The van der Waals surface area contributed by atoms with E-state index in [1.54, 1.807) is 0 Å². The number of methoxy groups -OCH3 is 1. The van der Waals surface area contributed by atoms with Gasteiger partial charge in [0.05, 0.1) is 0 Å². The van der Waals surface area contributed by atoms with Crippen molar-refractivity contribution < 1.29 is 4.74 Å². The van der Waals surface area contributed by atoms with Gasteiger partial charge in [0.2, 0.25) is 0 Å². The second-order valence-corrected chi connectivity index (χ2v) is 6.91. The van der Waals surface area contributed by atoms with Gasteiger partial charge >= 0.3 is 0 Å². The highest BCUT2D eigenvalue weighted by molar-refractivity contribution is 4.97. The van der Waals surface area contributed by atoms with Crippen molar-refractivity contribution in [3.63, 3.8) is 0 Å². The van der Waals surface area contributed by atoms with Crippen LogP contribution in [0.3, 0.4) is 0 Å². The minimum atomic E-state index is 0.496. The van der Waals surface area contributed by atoms with E-state index in [-0.39, 0.29) is 0 Å². The summed E-state index contributed by atoms with van der Waals surface area (Å²) in [6.07, 6.45) is 9.62. The normalized spacial score (nSPS) is 30.2. The van der Waals surface area contributed by atoms with Crippen molar-refractivity contribution in [3.8, 4) is 0 Å².